The lowest BCUT2D eigenvalue weighted by Crippen LogP contribution is -2.39. The summed E-state index contributed by atoms with van der Waals surface area (Å²) in [6.45, 7) is 1.39. The Morgan fingerprint density at radius 1 is 1.12 bits per heavy atom. The van der Waals surface area contributed by atoms with Crippen LogP contribution in [0.25, 0.3) is 0 Å². The summed E-state index contributed by atoms with van der Waals surface area (Å²) in [5, 5.41) is 0. The quantitative estimate of drug-likeness (QED) is 0.636. The minimum atomic E-state index is -3.67. The molecule has 17 heavy (non-hydrogen) atoms. The molecule has 0 N–H and O–H groups in total. The second kappa shape index (κ2) is 4.91. The van der Waals surface area contributed by atoms with Gasteiger partial charge in [0.05, 0.1) is 18.9 Å². The number of ether oxygens (including phenoxy) is 1. The third kappa shape index (κ3) is 3.09. The van der Waals surface area contributed by atoms with Gasteiger partial charge in [0.1, 0.15) is 0 Å². The van der Waals surface area contributed by atoms with E-state index >= 15 is 0 Å². The maximum atomic E-state index is 11.9. The van der Waals surface area contributed by atoms with Gasteiger partial charge in [0.15, 0.2) is 5.78 Å². The molecule has 0 aromatic heterocycles. The molecule has 0 aromatic rings. The average Bonchev–Trinajstić information content (AvgIpc) is 2.33. The Balaban J connectivity index is 2.16. The van der Waals surface area contributed by atoms with E-state index in [2.05, 4.69) is 4.40 Å². The lowest BCUT2D eigenvalue weighted by Gasteiger charge is -2.23. The van der Waals surface area contributed by atoms with Crippen molar-refractivity contribution < 1.29 is 17.9 Å². The van der Waals surface area contributed by atoms with Gasteiger partial charge >= 0.3 is 10.2 Å². The van der Waals surface area contributed by atoms with Crippen LogP contribution in [-0.4, -0.2) is 50.5 Å². The highest BCUT2D eigenvalue weighted by atomic mass is 32.2. The molecule has 0 atom stereocenters. The molecule has 1 saturated heterocycles. The summed E-state index contributed by atoms with van der Waals surface area (Å²) < 4.78 is 33.7. The Morgan fingerprint density at radius 3 is 2.29 bits per heavy atom. The minimum Gasteiger partial charge on any atom is -0.379 e. The maximum Gasteiger partial charge on any atom is 0.323 e. The van der Waals surface area contributed by atoms with Gasteiger partial charge in [0.25, 0.3) is 0 Å². The van der Waals surface area contributed by atoms with E-state index in [9.17, 15) is 13.2 Å². The minimum absolute atomic E-state index is 0.173. The van der Waals surface area contributed by atoms with Crippen LogP contribution < -0.4 is 0 Å². The SMILES string of the molecule is O=C1C=CC(=NS(=O)(=O)N2CCOCC2)C=C1. The Labute approximate surface area is 99.5 Å². The van der Waals surface area contributed by atoms with E-state index in [-0.39, 0.29) is 11.5 Å². The molecule has 6 nitrogen and oxygen atoms in total. The number of carbonyl (C=O) groups excluding carboxylic acids is 1. The average molecular weight is 256 g/mol. The van der Waals surface area contributed by atoms with E-state index < -0.39 is 10.2 Å². The van der Waals surface area contributed by atoms with Gasteiger partial charge in [-0.2, -0.15) is 17.1 Å². The second-order valence-corrected chi connectivity index (χ2v) is 5.17. The summed E-state index contributed by atoms with van der Waals surface area (Å²) in [7, 11) is -3.67. The van der Waals surface area contributed by atoms with E-state index in [1.165, 1.54) is 28.6 Å². The van der Waals surface area contributed by atoms with E-state index in [1.807, 2.05) is 0 Å². The van der Waals surface area contributed by atoms with Crippen molar-refractivity contribution in [1.29, 1.82) is 0 Å². The van der Waals surface area contributed by atoms with E-state index in [1.54, 1.807) is 0 Å². The number of hydrogen-bond donors (Lipinski definition) is 0. The van der Waals surface area contributed by atoms with Gasteiger partial charge in [-0.25, -0.2) is 0 Å². The molecule has 2 aliphatic rings. The van der Waals surface area contributed by atoms with E-state index in [4.69, 9.17) is 4.74 Å². The Kier molecular flexibility index (Phi) is 3.51. The van der Waals surface area contributed by atoms with Crippen LogP contribution in [0.1, 0.15) is 0 Å². The summed E-state index contributed by atoms with van der Waals surface area (Å²) in [5.41, 5.74) is 0.260. The molecule has 0 unspecified atom stereocenters. The molecule has 2 rings (SSSR count). The zero-order valence-corrected chi connectivity index (χ0v) is 9.89. The third-order valence-electron chi connectivity index (χ3n) is 2.35. The van der Waals surface area contributed by atoms with Crippen LogP contribution in [0.4, 0.5) is 0 Å². The van der Waals surface area contributed by atoms with Crippen LogP contribution in [-0.2, 0) is 19.7 Å². The Hall–Kier alpha value is -1.31. The number of ketones is 1. The number of nitrogens with zero attached hydrogens (tertiary/aromatic N) is 2. The third-order valence-corrected chi connectivity index (χ3v) is 3.81. The fourth-order valence-corrected chi connectivity index (χ4v) is 2.59. The first kappa shape index (κ1) is 12.2. The summed E-state index contributed by atoms with van der Waals surface area (Å²) in [4.78, 5) is 10.9. The molecule has 1 aliphatic heterocycles. The lowest BCUT2D eigenvalue weighted by atomic mass is 10.2. The maximum absolute atomic E-state index is 11.9. The molecule has 7 heteroatoms. The largest absolute Gasteiger partial charge is 0.379 e. The number of rotatable bonds is 2. The van der Waals surface area contributed by atoms with Crippen LogP contribution in [0.15, 0.2) is 28.7 Å². The van der Waals surface area contributed by atoms with Crippen LogP contribution >= 0.6 is 0 Å². The molecule has 0 saturated carbocycles. The highest BCUT2D eigenvalue weighted by Gasteiger charge is 2.23. The van der Waals surface area contributed by atoms with Crippen LogP contribution in [0.2, 0.25) is 0 Å². The molecule has 1 fully saturated rings. The summed E-state index contributed by atoms with van der Waals surface area (Å²) in [6.07, 6.45) is 5.35. The standard InChI is InChI=1S/C10H12N2O4S/c13-10-3-1-9(2-4-10)11-17(14,15)12-5-7-16-8-6-12/h1-4H,5-8H2. The molecule has 0 aromatic carbocycles. The summed E-state index contributed by atoms with van der Waals surface area (Å²) >= 11 is 0. The Morgan fingerprint density at radius 2 is 1.71 bits per heavy atom. The van der Waals surface area contributed by atoms with Crippen LogP contribution in [0, 0.1) is 0 Å². The molecule has 1 aliphatic carbocycles. The molecule has 92 valence electrons. The molecule has 0 radical (unpaired) electrons. The zero-order valence-electron chi connectivity index (χ0n) is 9.07. The van der Waals surface area contributed by atoms with Crippen molar-refractivity contribution >= 4 is 21.7 Å². The first-order valence-corrected chi connectivity index (χ1v) is 6.55. The van der Waals surface area contributed by atoms with Gasteiger partial charge in [-0.1, -0.05) is 0 Å². The second-order valence-electron chi connectivity index (χ2n) is 3.57. The highest BCUT2D eigenvalue weighted by molar-refractivity contribution is 7.88. The molecule has 1 heterocycles. The van der Waals surface area contributed by atoms with Gasteiger partial charge in [0, 0.05) is 13.1 Å². The number of carbonyl (C=O) groups is 1. The number of morpholine rings is 1. The predicted molar refractivity (Wildman–Crippen MR) is 62.0 cm³/mol. The first-order chi connectivity index (χ1) is 8.08. The van der Waals surface area contributed by atoms with E-state index in [0.29, 0.717) is 26.3 Å². The first-order valence-electron chi connectivity index (χ1n) is 5.16. The van der Waals surface area contributed by atoms with Crippen molar-refractivity contribution in [2.45, 2.75) is 0 Å². The van der Waals surface area contributed by atoms with Gasteiger partial charge in [-0.05, 0) is 24.3 Å². The fourth-order valence-electron chi connectivity index (χ4n) is 1.48. The lowest BCUT2D eigenvalue weighted by molar-refractivity contribution is -0.110. The van der Waals surface area contributed by atoms with Crippen molar-refractivity contribution in [3.05, 3.63) is 24.3 Å². The van der Waals surface area contributed by atoms with Crippen LogP contribution in [0.5, 0.6) is 0 Å². The van der Waals surface area contributed by atoms with Gasteiger partial charge in [0.2, 0.25) is 0 Å². The fraction of sp³-hybridized carbons (Fsp3) is 0.400. The van der Waals surface area contributed by atoms with Crippen LogP contribution in [0.3, 0.4) is 0 Å². The summed E-state index contributed by atoms with van der Waals surface area (Å²) in [6, 6.07) is 0. The topological polar surface area (TPSA) is 76.0 Å². The van der Waals surface area contributed by atoms with Gasteiger partial charge < -0.3 is 4.74 Å². The normalized spacial score (nSPS) is 21.9. The summed E-state index contributed by atoms with van der Waals surface area (Å²) in [5.74, 6) is -0.173. The smallest absolute Gasteiger partial charge is 0.323 e. The van der Waals surface area contributed by atoms with Crippen molar-refractivity contribution in [2.75, 3.05) is 26.3 Å². The number of hydrogen-bond acceptors (Lipinski definition) is 4. The van der Waals surface area contributed by atoms with Crippen molar-refractivity contribution in [2.24, 2.45) is 4.40 Å². The molecule has 0 bridgehead atoms. The molecule has 0 amide bonds. The van der Waals surface area contributed by atoms with Crippen molar-refractivity contribution in [3.8, 4) is 0 Å². The monoisotopic (exact) mass is 256 g/mol. The van der Waals surface area contributed by atoms with Gasteiger partial charge in [-0.3, -0.25) is 4.79 Å². The van der Waals surface area contributed by atoms with E-state index in [0.717, 1.165) is 0 Å². The number of allylic oxidation sites excluding steroid dienone is 4. The Bertz CT molecular complexity index is 480. The van der Waals surface area contributed by atoms with Crippen molar-refractivity contribution in [3.63, 3.8) is 0 Å². The van der Waals surface area contributed by atoms with Gasteiger partial charge in [-0.15, -0.1) is 0 Å². The zero-order chi connectivity index (χ0) is 12.3. The molecular formula is C10H12N2O4S. The predicted octanol–water partition coefficient (Wildman–Crippen LogP) is -0.300. The highest BCUT2D eigenvalue weighted by Crippen LogP contribution is 2.08. The molecular weight excluding hydrogens is 244 g/mol. The van der Waals surface area contributed by atoms with Crippen molar-refractivity contribution in [1.82, 2.24) is 4.31 Å². The molecule has 0 spiro atoms.